The van der Waals surface area contributed by atoms with Crippen LogP contribution in [0, 0.1) is 6.92 Å². The molecule has 132 valence electrons. The van der Waals surface area contributed by atoms with Gasteiger partial charge in [-0.2, -0.15) is 22.7 Å². The summed E-state index contributed by atoms with van der Waals surface area (Å²) in [6.45, 7) is 7.51. The first-order valence-corrected chi connectivity index (χ1v) is 7.76. The highest BCUT2D eigenvalue weighted by Gasteiger charge is 2.36. The van der Waals surface area contributed by atoms with Gasteiger partial charge < -0.3 is 10.1 Å². The molecule has 0 radical (unpaired) electrons. The van der Waals surface area contributed by atoms with Gasteiger partial charge in [-0.25, -0.2) is 4.98 Å². The first-order valence-electron chi connectivity index (χ1n) is 7.76. The summed E-state index contributed by atoms with van der Waals surface area (Å²) in [5.41, 5.74) is 0.561. The van der Waals surface area contributed by atoms with E-state index in [1.165, 1.54) is 0 Å². The molecular formula is C14H19F3N6O. The van der Waals surface area contributed by atoms with E-state index in [0.717, 1.165) is 24.1 Å². The molecule has 0 unspecified atom stereocenters. The summed E-state index contributed by atoms with van der Waals surface area (Å²) < 4.78 is 45.2. The Bertz CT molecular complexity index is 716. The second-order valence-electron chi connectivity index (χ2n) is 5.69. The molecule has 0 bridgehead atoms. The Morgan fingerprint density at radius 2 is 2.17 bits per heavy atom. The van der Waals surface area contributed by atoms with Crippen LogP contribution in [0.15, 0.2) is 6.07 Å². The number of ether oxygens (including phenoxy) is 1. The Morgan fingerprint density at radius 1 is 1.38 bits per heavy atom. The van der Waals surface area contributed by atoms with Gasteiger partial charge in [0.25, 0.3) is 11.6 Å². The van der Waals surface area contributed by atoms with E-state index in [1.54, 1.807) is 13.0 Å². The fourth-order valence-corrected chi connectivity index (χ4v) is 2.64. The predicted octanol–water partition coefficient (Wildman–Crippen LogP) is 1.58. The summed E-state index contributed by atoms with van der Waals surface area (Å²) in [5.74, 6) is -0.864. The van der Waals surface area contributed by atoms with E-state index in [1.807, 2.05) is 0 Å². The molecule has 3 rings (SSSR count). The Balaban J connectivity index is 1.79. The minimum Gasteiger partial charge on any atom is -0.374 e. The summed E-state index contributed by atoms with van der Waals surface area (Å²) in [5, 5.41) is 6.63. The van der Waals surface area contributed by atoms with Gasteiger partial charge in [-0.1, -0.05) is 6.92 Å². The SMILES string of the molecule is CCN1CCO[C@@H](CNc2cc(C)nc3nc(C(F)(F)F)nn23)C1. The van der Waals surface area contributed by atoms with Crippen molar-refractivity contribution >= 4 is 11.6 Å². The molecule has 3 heterocycles. The lowest BCUT2D eigenvalue weighted by molar-refractivity contribution is -0.144. The molecule has 1 aliphatic heterocycles. The maximum Gasteiger partial charge on any atom is 0.453 e. The zero-order chi connectivity index (χ0) is 17.3. The number of morpholine rings is 1. The molecule has 2 aromatic rings. The third-order valence-electron chi connectivity index (χ3n) is 3.87. The van der Waals surface area contributed by atoms with E-state index >= 15 is 0 Å². The minimum absolute atomic E-state index is 0.0344. The Labute approximate surface area is 136 Å². The molecule has 0 aromatic carbocycles. The second-order valence-corrected chi connectivity index (χ2v) is 5.69. The molecule has 1 N–H and O–H groups in total. The molecule has 1 aliphatic rings. The molecular weight excluding hydrogens is 325 g/mol. The zero-order valence-corrected chi connectivity index (χ0v) is 13.5. The summed E-state index contributed by atoms with van der Waals surface area (Å²) in [7, 11) is 0. The molecule has 0 spiro atoms. The number of anilines is 1. The van der Waals surface area contributed by atoms with Crippen molar-refractivity contribution < 1.29 is 17.9 Å². The van der Waals surface area contributed by atoms with Gasteiger partial charge in [-0.3, -0.25) is 4.90 Å². The largest absolute Gasteiger partial charge is 0.453 e. The van der Waals surface area contributed by atoms with E-state index in [-0.39, 0.29) is 11.9 Å². The molecule has 0 amide bonds. The molecule has 0 saturated carbocycles. The highest BCUT2D eigenvalue weighted by atomic mass is 19.4. The topological polar surface area (TPSA) is 67.6 Å². The molecule has 24 heavy (non-hydrogen) atoms. The first kappa shape index (κ1) is 16.9. The van der Waals surface area contributed by atoms with Crippen molar-refractivity contribution in [3.8, 4) is 0 Å². The van der Waals surface area contributed by atoms with Crippen LogP contribution in [0.25, 0.3) is 5.78 Å². The Morgan fingerprint density at radius 3 is 2.88 bits per heavy atom. The number of hydrogen-bond acceptors (Lipinski definition) is 6. The van der Waals surface area contributed by atoms with Gasteiger partial charge in [0.1, 0.15) is 5.82 Å². The van der Waals surface area contributed by atoms with Gasteiger partial charge in [-0.05, 0) is 13.5 Å². The van der Waals surface area contributed by atoms with Crippen molar-refractivity contribution in [2.75, 3.05) is 38.1 Å². The average Bonchev–Trinajstić information content (AvgIpc) is 2.97. The van der Waals surface area contributed by atoms with Crippen LogP contribution in [0.3, 0.4) is 0 Å². The van der Waals surface area contributed by atoms with Crippen LogP contribution in [0.1, 0.15) is 18.4 Å². The smallest absolute Gasteiger partial charge is 0.374 e. The monoisotopic (exact) mass is 344 g/mol. The number of fused-ring (bicyclic) bond motifs is 1. The number of hydrogen-bond donors (Lipinski definition) is 1. The number of nitrogens with zero attached hydrogens (tertiary/aromatic N) is 5. The van der Waals surface area contributed by atoms with Crippen molar-refractivity contribution in [1.29, 1.82) is 0 Å². The maximum atomic E-state index is 12.8. The van der Waals surface area contributed by atoms with Crippen molar-refractivity contribution in [2.24, 2.45) is 0 Å². The van der Waals surface area contributed by atoms with Gasteiger partial charge in [0, 0.05) is 31.4 Å². The van der Waals surface area contributed by atoms with Crippen LogP contribution >= 0.6 is 0 Å². The molecule has 1 atom stereocenters. The zero-order valence-electron chi connectivity index (χ0n) is 13.5. The van der Waals surface area contributed by atoms with Crippen molar-refractivity contribution in [3.63, 3.8) is 0 Å². The number of likely N-dealkylation sites (N-methyl/N-ethyl adjacent to an activating group) is 1. The molecule has 1 fully saturated rings. The summed E-state index contributed by atoms with van der Waals surface area (Å²) in [4.78, 5) is 9.73. The van der Waals surface area contributed by atoms with Gasteiger partial charge >= 0.3 is 6.18 Å². The van der Waals surface area contributed by atoms with Crippen LogP contribution in [0.2, 0.25) is 0 Å². The first-order chi connectivity index (χ1) is 11.4. The van der Waals surface area contributed by atoms with Crippen molar-refractivity contribution in [1.82, 2.24) is 24.5 Å². The second kappa shape index (κ2) is 6.52. The fourth-order valence-electron chi connectivity index (χ4n) is 2.64. The maximum absolute atomic E-state index is 12.8. The number of alkyl halides is 3. The third-order valence-corrected chi connectivity index (χ3v) is 3.87. The van der Waals surface area contributed by atoms with E-state index in [0.29, 0.717) is 24.7 Å². The predicted molar refractivity (Wildman–Crippen MR) is 80.9 cm³/mol. The lowest BCUT2D eigenvalue weighted by Gasteiger charge is -2.32. The van der Waals surface area contributed by atoms with Crippen molar-refractivity contribution in [2.45, 2.75) is 26.1 Å². The van der Waals surface area contributed by atoms with E-state index in [4.69, 9.17) is 4.74 Å². The number of aryl methyl sites for hydroxylation is 1. The molecule has 7 nitrogen and oxygen atoms in total. The highest BCUT2D eigenvalue weighted by Crippen LogP contribution is 2.27. The van der Waals surface area contributed by atoms with Crippen molar-refractivity contribution in [3.05, 3.63) is 17.6 Å². The van der Waals surface area contributed by atoms with Crippen LogP contribution in [0.4, 0.5) is 19.0 Å². The average molecular weight is 344 g/mol. The van der Waals surface area contributed by atoms with Crippen LogP contribution in [-0.2, 0) is 10.9 Å². The van der Waals surface area contributed by atoms with Gasteiger partial charge in [0.2, 0.25) is 0 Å². The third kappa shape index (κ3) is 3.59. The number of aromatic nitrogens is 4. The van der Waals surface area contributed by atoms with Gasteiger partial charge in [0.05, 0.1) is 12.7 Å². The lowest BCUT2D eigenvalue weighted by atomic mass is 10.2. The standard InChI is InChI=1S/C14H19F3N6O/c1-3-22-4-5-24-10(8-22)7-18-11-6-9(2)19-13-20-12(14(15,16)17)21-23(11)13/h6,10,18H,3-5,7-8H2,1-2H3/t10-/m0/s1. The summed E-state index contributed by atoms with van der Waals surface area (Å²) >= 11 is 0. The van der Waals surface area contributed by atoms with Gasteiger partial charge in [-0.15, -0.1) is 5.10 Å². The lowest BCUT2D eigenvalue weighted by Crippen LogP contribution is -2.45. The molecule has 0 aliphatic carbocycles. The van der Waals surface area contributed by atoms with Crippen LogP contribution in [0.5, 0.6) is 0 Å². The number of halogens is 3. The Hall–Kier alpha value is -1.94. The highest BCUT2D eigenvalue weighted by molar-refractivity contribution is 5.45. The quantitative estimate of drug-likeness (QED) is 0.908. The van der Waals surface area contributed by atoms with Crippen LogP contribution in [-0.4, -0.2) is 63.4 Å². The van der Waals surface area contributed by atoms with Gasteiger partial charge in [0.15, 0.2) is 0 Å². The summed E-state index contributed by atoms with van der Waals surface area (Å²) in [6.07, 6.45) is -4.64. The normalized spacial score (nSPS) is 19.8. The Kier molecular flexibility index (Phi) is 4.59. The van der Waals surface area contributed by atoms with E-state index < -0.39 is 12.0 Å². The van der Waals surface area contributed by atoms with E-state index in [2.05, 4.69) is 32.2 Å². The minimum atomic E-state index is -4.60. The molecule has 2 aromatic heterocycles. The number of rotatable bonds is 4. The van der Waals surface area contributed by atoms with E-state index in [9.17, 15) is 13.2 Å². The molecule has 10 heteroatoms. The number of nitrogens with one attached hydrogen (secondary N) is 1. The fraction of sp³-hybridized carbons (Fsp3) is 0.643. The molecule has 1 saturated heterocycles. The van der Waals surface area contributed by atoms with Crippen LogP contribution < -0.4 is 5.32 Å². The summed E-state index contributed by atoms with van der Waals surface area (Å²) in [6, 6.07) is 1.64.